The second-order valence-corrected chi connectivity index (χ2v) is 12.0. The highest BCUT2D eigenvalue weighted by atomic mass is 32.2. The van der Waals surface area contributed by atoms with Gasteiger partial charge in [0.2, 0.25) is 0 Å². The number of thioether (sulfide) groups is 1. The first-order valence-electron chi connectivity index (χ1n) is 10.2. The molecule has 0 aromatic carbocycles. The third kappa shape index (κ3) is 1.92. The monoisotopic (exact) mass is 334 g/mol. The molecule has 0 unspecified atom stereocenters. The van der Waals surface area contributed by atoms with Crippen LogP contribution in [0, 0.1) is 34.5 Å². The molecule has 0 aromatic rings. The Hall–Kier alpha value is 0.310. The highest BCUT2D eigenvalue weighted by molar-refractivity contribution is 8.07. The molecule has 2 heteroatoms. The van der Waals surface area contributed by atoms with Crippen molar-refractivity contribution in [3.05, 3.63) is 0 Å². The van der Waals surface area contributed by atoms with Crippen molar-refractivity contribution in [2.75, 3.05) is 5.75 Å². The molecule has 0 amide bonds. The lowest BCUT2D eigenvalue weighted by Crippen LogP contribution is -2.56. The van der Waals surface area contributed by atoms with E-state index in [4.69, 9.17) is 0 Å². The molecule has 1 N–H and O–H groups in total. The predicted octanol–water partition coefficient (Wildman–Crippen LogP) is 5.27. The molecular weight excluding hydrogens is 300 g/mol. The van der Waals surface area contributed by atoms with Gasteiger partial charge >= 0.3 is 0 Å². The van der Waals surface area contributed by atoms with Gasteiger partial charge in [0.1, 0.15) is 0 Å². The summed E-state index contributed by atoms with van der Waals surface area (Å²) in [5, 5.41) is 11.0. The van der Waals surface area contributed by atoms with Crippen molar-refractivity contribution < 1.29 is 5.11 Å². The summed E-state index contributed by atoms with van der Waals surface area (Å²) in [6, 6.07) is 0. The van der Waals surface area contributed by atoms with E-state index in [1.54, 1.807) is 0 Å². The van der Waals surface area contributed by atoms with Crippen LogP contribution in [0.2, 0.25) is 0 Å². The molecule has 0 aromatic heterocycles. The van der Waals surface area contributed by atoms with Crippen molar-refractivity contribution in [3.63, 3.8) is 0 Å². The van der Waals surface area contributed by atoms with Crippen LogP contribution in [0.15, 0.2) is 0 Å². The molecule has 8 atom stereocenters. The molecule has 1 saturated heterocycles. The molecule has 5 fully saturated rings. The molecule has 1 spiro atoms. The van der Waals surface area contributed by atoms with Crippen LogP contribution in [0.3, 0.4) is 0 Å². The Labute approximate surface area is 146 Å². The van der Waals surface area contributed by atoms with Crippen molar-refractivity contribution in [1.82, 2.24) is 0 Å². The van der Waals surface area contributed by atoms with Gasteiger partial charge in [0.05, 0.1) is 5.60 Å². The van der Waals surface area contributed by atoms with Gasteiger partial charge in [-0.2, -0.15) is 11.8 Å². The van der Waals surface area contributed by atoms with E-state index < -0.39 is 5.60 Å². The number of hydrogen-bond acceptors (Lipinski definition) is 2. The van der Waals surface area contributed by atoms with Gasteiger partial charge in [0, 0.05) is 10.5 Å². The lowest BCUT2D eigenvalue weighted by molar-refractivity contribution is -0.146. The molecular formula is C21H34OS. The quantitative estimate of drug-likeness (QED) is 0.609. The maximum Gasteiger partial charge on any atom is 0.0675 e. The summed E-state index contributed by atoms with van der Waals surface area (Å²) in [5.41, 5.74) is 0.397. The topological polar surface area (TPSA) is 20.2 Å². The summed E-state index contributed by atoms with van der Waals surface area (Å²) in [6.07, 6.45) is 12.4. The Kier molecular flexibility index (Phi) is 3.06. The molecule has 4 aliphatic carbocycles. The number of rotatable bonds is 0. The van der Waals surface area contributed by atoms with Crippen molar-refractivity contribution >= 4 is 11.8 Å². The minimum atomic E-state index is -0.415. The second kappa shape index (κ2) is 4.53. The van der Waals surface area contributed by atoms with Gasteiger partial charge < -0.3 is 5.11 Å². The molecule has 5 aliphatic rings. The van der Waals surface area contributed by atoms with Gasteiger partial charge in [-0.1, -0.05) is 13.8 Å². The number of aliphatic hydroxyl groups is 1. The van der Waals surface area contributed by atoms with Gasteiger partial charge in [-0.05, 0) is 99.2 Å². The van der Waals surface area contributed by atoms with E-state index in [2.05, 4.69) is 32.5 Å². The average Bonchev–Trinajstić information content (AvgIpc) is 3.21. The molecule has 1 nitrogen and oxygen atoms in total. The number of fused-ring (bicyclic) bond motifs is 5. The zero-order valence-corrected chi connectivity index (χ0v) is 16.1. The fraction of sp³-hybridized carbons (Fsp3) is 1.00. The fourth-order valence-electron chi connectivity index (χ4n) is 7.92. The maximum atomic E-state index is 11.0. The summed E-state index contributed by atoms with van der Waals surface area (Å²) in [7, 11) is 0. The molecule has 1 heterocycles. The van der Waals surface area contributed by atoms with Crippen LogP contribution in [-0.4, -0.2) is 21.2 Å². The molecule has 130 valence electrons. The molecule has 0 bridgehead atoms. The molecule has 0 radical (unpaired) electrons. The van der Waals surface area contributed by atoms with Gasteiger partial charge in [0.25, 0.3) is 0 Å². The van der Waals surface area contributed by atoms with E-state index in [-0.39, 0.29) is 5.41 Å². The molecule has 4 saturated carbocycles. The van der Waals surface area contributed by atoms with Crippen LogP contribution in [0.1, 0.15) is 78.6 Å². The van der Waals surface area contributed by atoms with Crippen molar-refractivity contribution in [3.8, 4) is 0 Å². The minimum absolute atomic E-state index is 0.194. The Bertz CT molecular complexity index is 524. The molecule has 23 heavy (non-hydrogen) atoms. The minimum Gasteiger partial charge on any atom is -0.390 e. The summed E-state index contributed by atoms with van der Waals surface area (Å²) in [5.74, 6) is 5.11. The van der Waals surface area contributed by atoms with Crippen LogP contribution in [0.4, 0.5) is 0 Å². The Balaban J connectivity index is 1.45. The lowest BCUT2D eigenvalue weighted by Gasteiger charge is -2.61. The summed E-state index contributed by atoms with van der Waals surface area (Å²) >= 11 is 2.26. The normalized spacial score (nSPS) is 64.2. The van der Waals surface area contributed by atoms with Crippen LogP contribution in [0.5, 0.6) is 0 Å². The van der Waals surface area contributed by atoms with E-state index in [1.165, 1.54) is 57.1 Å². The highest BCUT2D eigenvalue weighted by Crippen LogP contribution is 2.71. The third-order valence-corrected chi connectivity index (χ3v) is 11.4. The van der Waals surface area contributed by atoms with E-state index >= 15 is 0 Å². The van der Waals surface area contributed by atoms with Gasteiger partial charge in [-0.3, -0.25) is 0 Å². The van der Waals surface area contributed by atoms with Crippen molar-refractivity contribution in [2.45, 2.75) is 88.9 Å². The first-order chi connectivity index (χ1) is 10.8. The molecule has 1 aliphatic heterocycles. The fourth-order valence-corrected chi connectivity index (χ4v) is 8.95. The van der Waals surface area contributed by atoms with Gasteiger partial charge in [0.15, 0.2) is 0 Å². The lowest BCUT2D eigenvalue weighted by atomic mass is 9.44. The Morgan fingerprint density at radius 3 is 2.35 bits per heavy atom. The standard InChI is InChI=1S/C21H34OS/c1-18-10-11-21(13-23-21)12-14(18)4-5-15-16(18)6-8-19(2)17(15)7-9-20(19,3)22/h14-17,22H,4-13H2,1-3H3/t14-,15+,16-,17-,18-,19-,20-,21-/m0/s1. The van der Waals surface area contributed by atoms with Gasteiger partial charge in [-0.25, -0.2) is 0 Å². The largest absolute Gasteiger partial charge is 0.390 e. The Morgan fingerprint density at radius 1 is 0.870 bits per heavy atom. The van der Waals surface area contributed by atoms with E-state index in [9.17, 15) is 5.11 Å². The number of hydrogen-bond donors (Lipinski definition) is 1. The first-order valence-corrected chi connectivity index (χ1v) is 11.1. The SMILES string of the molecule is C[C@]12CC[C@@]3(CS3)C[C@@H]1CC[C@@H]1[C@@H]2CC[C@@]2(C)[C@H]1CC[C@]2(C)O. The predicted molar refractivity (Wildman–Crippen MR) is 97.5 cm³/mol. The van der Waals surface area contributed by atoms with Crippen LogP contribution in [-0.2, 0) is 0 Å². The maximum absolute atomic E-state index is 11.0. The van der Waals surface area contributed by atoms with Crippen LogP contribution in [0.25, 0.3) is 0 Å². The average molecular weight is 335 g/mol. The van der Waals surface area contributed by atoms with Crippen LogP contribution < -0.4 is 0 Å². The zero-order valence-electron chi connectivity index (χ0n) is 15.2. The summed E-state index contributed by atoms with van der Waals surface area (Å²) < 4.78 is 0.733. The van der Waals surface area contributed by atoms with Crippen molar-refractivity contribution in [1.29, 1.82) is 0 Å². The van der Waals surface area contributed by atoms with Gasteiger partial charge in [-0.15, -0.1) is 0 Å². The second-order valence-electron chi connectivity index (χ2n) is 10.6. The Morgan fingerprint density at radius 2 is 1.61 bits per heavy atom. The summed E-state index contributed by atoms with van der Waals surface area (Å²) in [6.45, 7) is 7.23. The first kappa shape index (κ1) is 15.6. The van der Waals surface area contributed by atoms with Crippen LogP contribution >= 0.6 is 11.8 Å². The van der Waals surface area contributed by atoms with E-state index in [0.29, 0.717) is 5.41 Å². The van der Waals surface area contributed by atoms with E-state index in [1.807, 2.05) is 0 Å². The molecule has 5 rings (SSSR count). The zero-order chi connectivity index (χ0) is 16.1. The summed E-state index contributed by atoms with van der Waals surface area (Å²) in [4.78, 5) is 0. The van der Waals surface area contributed by atoms with Crippen molar-refractivity contribution in [2.24, 2.45) is 34.5 Å². The smallest absolute Gasteiger partial charge is 0.0675 e. The van der Waals surface area contributed by atoms with E-state index in [0.717, 1.165) is 34.8 Å². The third-order valence-electron chi connectivity index (χ3n) is 9.92. The highest BCUT2D eigenvalue weighted by Gasteiger charge is 2.64.